The van der Waals surface area contributed by atoms with E-state index in [1.807, 2.05) is 6.33 Å². The van der Waals surface area contributed by atoms with Crippen molar-refractivity contribution in [3.8, 4) is 0 Å². The second kappa shape index (κ2) is 4.18. The van der Waals surface area contributed by atoms with Crippen molar-refractivity contribution in [1.82, 2.24) is 19.8 Å². The van der Waals surface area contributed by atoms with Crippen LogP contribution in [0.4, 0.5) is 0 Å². The molecule has 2 aliphatic rings. The minimum Gasteiger partial charge on any atom is -0.337 e. The van der Waals surface area contributed by atoms with Crippen molar-refractivity contribution < 1.29 is 0 Å². The molecule has 1 aromatic heterocycles. The van der Waals surface area contributed by atoms with Gasteiger partial charge in [-0.1, -0.05) is 0 Å². The van der Waals surface area contributed by atoms with Crippen LogP contribution in [-0.4, -0.2) is 46.2 Å². The number of likely N-dealkylation sites (tertiary alicyclic amines) is 1. The number of aryl methyl sites for hydroxylation is 1. The molecule has 4 nitrogen and oxygen atoms in total. The maximum atomic E-state index is 4.43. The Labute approximate surface area is 96.7 Å². The minimum absolute atomic E-state index is 0.762. The molecular weight excluding hydrogens is 200 g/mol. The second-order valence-electron chi connectivity index (χ2n) is 4.94. The highest BCUT2D eigenvalue weighted by Crippen LogP contribution is 2.22. The number of nitrogens with one attached hydrogen (secondary N) is 1. The fourth-order valence-electron chi connectivity index (χ4n) is 2.89. The van der Waals surface area contributed by atoms with Gasteiger partial charge in [0, 0.05) is 50.9 Å². The van der Waals surface area contributed by atoms with Gasteiger partial charge in [0.2, 0.25) is 0 Å². The van der Waals surface area contributed by atoms with E-state index in [-0.39, 0.29) is 0 Å². The highest BCUT2D eigenvalue weighted by molar-refractivity contribution is 5.01. The first-order valence-corrected chi connectivity index (χ1v) is 6.33. The van der Waals surface area contributed by atoms with Gasteiger partial charge >= 0.3 is 0 Å². The maximum absolute atomic E-state index is 4.43. The molecule has 0 aromatic carbocycles. The third kappa shape index (κ3) is 1.87. The van der Waals surface area contributed by atoms with Gasteiger partial charge in [0.15, 0.2) is 0 Å². The lowest BCUT2D eigenvalue weighted by Gasteiger charge is -2.26. The molecule has 3 heterocycles. The summed E-state index contributed by atoms with van der Waals surface area (Å²) < 4.78 is 2.15. The molecule has 0 spiro atoms. The Morgan fingerprint density at radius 1 is 1.56 bits per heavy atom. The molecule has 0 radical (unpaired) electrons. The summed E-state index contributed by atoms with van der Waals surface area (Å²) in [4.78, 5) is 7.05. The molecule has 2 saturated heterocycles. The SMILES string of the molecule is CCn1cnc(CCN2C[C@@H]3C[C@H]2CN3)c1. The molecule has 0 saturated carbocycles. The third-order valence-electron chi connectivity index (χ3n) is 3.88. The fraction of sp³-hybridized carbons (Fsp3) is 0.750. The van der Waals surface area contributed by atoms with Crippen molar-refractivity contribution in [3.05, 3.63) is 18.2 Å². The maximum Gasteiger partial charge on any atom is 0.0949 e. The Balaban J connectivity index is 1.53. The van der Waals surface area contributed by atoms with Gasteiger partial charge in [0.1, 0.15) is 0 Å². The van der Waals surface area contributed by atoms with Crippen molar-refractivity contribution >= 4 is 0 Å². The van der Waals surface area contributed by atoms with Crippen molar-refractivity contribution in [2.45, 2.75) is 38.4 Å². The first-order valence-electron chi connectivity index (χ1n) is 6.33. The number of imidazole rings is 1. The molecule has 16 heavy (non-hydrogen) atoms. The molecule has 0 unspecified atom stereocenters. The van der Waals surface area contributed by atoms with Crippen LogP contribution in [0.2, 0.25) is 0 Å². The van der Waals surface area contributed by atoms with E-state index in [1.165, 1.54) is 31.7 Å². The Hall–Kier alpha value is -0.870. The number of rotatable bonds is 4. The topological polar surface area (TPSA) is 33.1 Å². The van der Waals surface area contributed by atoms with E-state index >= 15 is 0 Å². The zero-order valence-electron chi connectivity index (χ0n) is 9.89. The summed E-state index contributed by atoms with van der Waals surface area (Å²) in [5.41, 5.74) is 1.23. The van der Waals surface area contributed by atoms with Gasteiger partial charge in [-0.05, 0) is 13.3 Å². The number of nitrogens with zero attached hydrogens (tertiary/aromatic N) is 3. The molecule has 0 amide bonds. The van der Waals surface area contributed by atoms with E-state index in [4.69, 9.17) is 0 Å². The van der Waals surface area contributed by atoms with Crippen LogP contribution in [0.15, 0.2) is 12.5 Å². The van der Waals surface area contributed by atoms with Crippen LogP contribution in [-0.2, 0) is 13.0 Å². The van der Waals surface area contributed by atoms with Gasteiger partial charge in [-0.2, -0.15) is 0 Å². The predicted octanol–water partition coefficient (Wildman–Crippen LogP) is 0.492. The van der Waals surface area contributed by atoms with E-state index in [1.54, 1.807) is 0 Å². The highest BCUT2D eigenvalue weighted by Gasteiger charge is 2.36. The zero-order valence-corrected chi connectivity index (χ0v) is 9.89. The van der Waals surface area contributed by atoms with Crippen molar-refractivity contribution in [1.29, 1.82) is 0 Å². The second-order valence-corrected chi connectivity index (χ2v) is 4.94. The Bertz CT molecular complexity index is 360. The average Bonchev–Trinajstić information content (AvgIpc) is 3.02. The third-order valence-corrected chi connectivity index (χ3v) is 3.88. The number of hydrogen-bond donors (Lipinski definition) is 1. The van der Waals surface area contributed by atoms with Crippen LogP contribution < -0.4 is 5.32 Å². The molecule has 0 aliphatic carbocycles. The van der Waals surface area contributed by atoms with Crippen LogP contribution in [0.1, 0.15) is 19.0 Å². The van der Waals surface area contributed by atoms with Crippen LogP contribution in [0.3, 0.4) is 0 Å². The molecule has 88 valence electrons. The normalized spacial score (nSPS) is 29.1. The van der Waals surface area contributed by atoms with E-state index in [0.29, 0.717) is 0 Å². The summed E-state index contributed by atoms with van der Waals surface area (Å²) in [5.74, 6) is 0. The molecule has 2 atom stereocenters. The van der Waals surface area contributed by atoms with Crippen LogP contribution in [0, 0.1) is 0 Å². The van der Waals surface area contributed by atoms with Crippen LogP contribution in [0.25, 0.3) is 0 Å². The fourth-order valence-corrected chi connectivity index (χ4v) is 2.89. The molecular formula is C12H20N4. The lowest BCUT2D eigenvalue weighted by molar-refractivity contribution is 0.228. The van der Waals surface area contributed by atoms with E-state index in [0.717, 1.165) is 25.0 Å². The first-order chi connectivity index (χ1) is 7.85. The molecule has 1 aromatic rings. The van der Waals surface area contributed by atoms with Crippen LogP contribution in [0.5, 0.6) is 0 Å². The first kappa shape index (κ1) is 10.3. The predicted molar refractivity (Wildman–Crippen MR) is 63.4 cm³/mol. The summed E-state index contributed by atoms with van der Waals surface area (Å²) in [6.07, 6.45) is 6.55. The summed E-state index contributed by atoms with van der Waals surface area (Å²) >= 11 is 0. The summed E-state index contributed by atoms with van der Waals surface area (Å²) in [6, 6.07) is 1.55. The number of piperazine rings is 1. The zero-order chi connectivity index (χ0) is 11.0. The Morgan fingerprint density at radius 3 is 3.12 bits per heavy atom. The van der Waals surface area contributed by atoms with Crippen molar-refractivity contribution in [2.24, 2.45) is 0 Å². The summed E-state index contributed by atoms with van der Waals surface area (Å²) in [5, 5.41) is 3.54. The largest absolute Gasteiger partial charge is 0.337 e. The molecule has 4 heteroatoms. The Morgan fingerprint density at radius 2 is 2.50 bits per heavy atom. The lowest BCUT2D eigenvalue weighted by Crippen LogP contribution is -2.44. The number of aromatic nitrogens is 2. The van der Waals surface area contributed by atoms with E-state index in [2.05, 4.69) is 32.9 Å². The molecule has 1 N–H and O–H groups in total. The summed E-state index contributed by atoms with van der Waals surface area (Å²) in [6.45, 7) is 6.76. The smallest absolute Gasteiger partial charge is 0.0949 e. The highest BCUT2D eigenvalue weighted by atomic mass is 15.3. The summed E-state index contributed by atoms with van der Waals surface area (Å²) in [7, 11) is 0. The number of fused-ring (bicyclic) bond motifs is 2. The van der Waals surface area contributed by atoms with Gasteiger partial charge in [-0.3, -0.25) is 4.90 Å². The van der Waals surface area contributed by atoms with Crippen molar-refractivity contribution in [3.63, 3.8) is 0 Å². The molecule has 3 rings (SSSR count). The van der Waals surface area contributed by atoms with E-state index < -0.39 is 0 Å². The van der Waals surface area contributed by atoms with Crippen molar-refractivity contribution in [2.75, 3.05) is 19.6 Å². The van der Waals surface area contributed by atoms with Gasteiger partial charge in [-0.25, -0.2) is 4.98 Å². The minimum atomic E-state index is 0.762. The molecule has 2 fully saturated rings. The van der Waals surface area contributed by atoms with Crippen LogP contribution >= 0.6 is 0 Å². The monoisotopic (exact) mass is 220 g/mol. The molecule has 2 aliphatic heterocycles. The van der Waals surface area contributed by atoms with Gasteiger partial charge in [-0.15, -0.1) is 0 Å². The standard InChI is InChI=1S/C12H20N4/c1-2-15-7-10(14-9-15)3-4-16-8-11-5-12(16)6-13-11/h7,9,11-13H,2-6,8H2,1H3/t11-,12-/m0/s1. The quantitative estimate of drug-likeness (QED) is 0.802. The molecule has 2 bridgehead atoms. The average molecular weight is 220 g/mol. The van der Waals surface area contributed by atoms with E-state index in [9.17, 15) is 0 Å². The van der Waals surface area contributed by atoms with Gasteiger partial charge in [0.25, 0.3) is 0 Å². The lowest BCUT2D eigenvalue weighted by atomic mass is 10.2. The Kier molecular flexibility index (Phi) is 2.69. The number of hydrogen-bond acceptors (Lipinski definition) is 3. The van der Waals surface area contributed by atoms with Gasteiger partial charge in [0.05, 0.1) is 12.0 Å². The van der Waals surface area contributed by atoms with Gasteiger partial charge < -0.3 is 9.88 Å².